The van der Waals surface area contributed by atoms with Crippen LogP contribution in [0.15, 0.2) is 0 Å². The van der Waals surface area contributed by atoms with Gasteiger partial charge in [0.1, 0.15) is 6.10 Å². The average Bonchev–Trinajstić information content (AvgIpc) is 1.94. The number of carboxylic acid groups (broad SMARTS) is 1. The van der Waals surface area contributed by atoms with Gasteiger partial charge in [0, 0.05) is 6.42 Å². The minimum absolute atomic E-state index is 0.129. The number of rotatable bonds is 5. The summed E-state index contributed by atoms with van der Waals surface area (Å²) in [4.78, 5) is 24.9. The molecule has 0 aromatic carbocycles. The molecule has 0 aliphatic heterocycles. The lowest BCUT2D eigenvalue weighted by Gasteiger charge is -2.27. The Morgan fingerprint density at radius 2 is 2.07 bits per heavy atom. The van der Waals surface area contributed by atoms with Crippen LogP contribution >= 0.6 is 0 Å². The molecule has 0 aliphatic carbocycles. The molecule has 0 aromatic rings. The van der Waals surface area contributed by atoms with E-state index in [4.69, 9.17) is 5.11 Å². The van der Waals surface area contributed by atoms with E-state index in [0.717, 1.165) is 0 Å². The normalized spacial score (nSPS) is 13.4. The molecule has 1 atom stereocenters. The second-order valence-corrected chi connectivity index (χ2v) is 4.12. The van der Waals surface area contributed by atoms with Crippen molar-refractivity contribution in [2.24, 2.45) is 5.41 Å². The van der Waals surface area contributed by atoms with Crippen LogP contribution in [0.1, 0.15) is 33.6 Å². The van der Waals surface area contributed by atoms with Crippen molar-refractivity contribution >= 4 is 5.97 Å². The van der Waals surface area contributed by atoms with Crippen molar-refractivity contribution in [2.45, 2.75) is 39.7 Å². The molecular weight excluding hydrogens is 190 g/mol. The zero-order valence-corrected chi connectivity index (χ0v) is 8.52. The molecular formula is C8H15NO5. The number of hydrogen-bond acceptors (Lipinski definition) is 4. The van der Waals surface area contributed by atoms with Gasteiger partial charge in [-0.1, -0.05) is 20.8 Å². The molecule has 1 N–H and O–H groups in total. The Balaban J connectivity index is 4.26. The first-order valence-corrected chi connectivity index (χ1v) is 4.26. The van der Waals surface area contributed by atoms with Crippen molar-refractivity contribution in [3.05, 3.63) is 10.1 Å². The highest BCUT2D eigenvalue weighted by molar-refractivity contribution is 5.66. The maximum atomic E-state index is 10.3. The first kappa shape index (κ1) is 12.7. The molecule has 0 aliphatic rings. The van der Waals surface area contributed by atoms with E-state index in [1.54, 1.807) is 20.8 Å². The molecule has 0 amide bonds. The van der Waals surface area contributed by atoms with Crippen LogP contribution in [0.5, 0.6) is 0 Å². The van der Waals surface area contributed by atoms with E-state index >= 15 is 0 Å². The molecule has 0 radical (unpaired) electrons. The van der Waals surface area contributed by atoms with Crippen molar-refractivity contribution in [1.82, 2.24) is 0 Å². The molecule has 0 rings (SSSR count). The number of carbonyl (C=O) groups is 1. The van der Waals surface area contributed by atoms with Gasteiger partial charge in [-0.05, 0) is 11.8 Å². The predicted octanol–water partition coefficient (Wildman–Crippen LogP) is 1.47. The summed E-state index contributed by atoms with van der Waals surface area (Å²) < 4.78 is 0. The second kappa shape index (κ2) is 4.78. The number of nitrogens with zero attached hydrogens (tertiary/aromatic N) is 1. The lowest BCUT2D eigenvalue weighted by Crippen LogP contribution is -2.32. The van der Waals surface area contributed by atoms with E-state index in [2.05, 4.69) is 4.84 Å². The Kier molecular flexibility index (Phi) is 4.33. The Bertz CT molecular complexity index is 220. The molecule has 0 aromatic heterocycles. The van der Waals surface area contributed by atoms with Crippen molar-refractivity contribution in [1.29, 1.82) is 0 Å². The van der Waals surface area contributed by atoms with Crippen molar-refractivity contribution < 1.29 is 19.8 Å². The maximum Gasteiger partial charge on any atom is 0.303 e. The molecule has 0 saturated heterocycles. The number of aliphatic carboxylic acids is 1. The summed E-state index contributed by atoms with van der Waals surface area (Å²) in [6.45, 7) is 5.30. The fraction of sp³-hybridized carbons (Fsp3) is 0.875. The van der Waals surface area contributed by atoms with Crippen LogP contribution in [0.3, 0.4) is 0 Å². The smallest absolute Gasteiger partial charge is 0.303 e. The molecule has 0 saturated carbocycles. The third-order valence-electron chi connectivity index (χ3n) is 1.80. The predicted molar refractivity (Wildman–Crippen MR) is 48.2 cm³/mol. The van der Waals surface area contributed by atoms with Crippen molar-refractivity contribution in [3.8, 4) is 0 Å². The lowest BCUT2D eigenvalue weighted by atomic mass is 9.86. The Morgan fingerprint density at radius 1 is 1.57 bits per heavy atom. The number of hydrogen-bond donors (Lipinski definition) is 1. The lowest BCUT2D eigenvalue weighted by molar-refractivity contribution is -0.772. The highest BCUT2D eigenvalue weighted by Crippen LogP contribution is 2.25. The molecule has 6 nitrogen and oxygen atoms in total. The van der Waals surface area contributed by atoms with Crippen molar-refractivity contribution in [2.75, 3.05) is 0 Å². The highest BCUT2D eigenvalue weighted by Gasteiger charge is 2.28. The zero-order chi connectivity index (χ0) is 11.4. The van der Waals surface area contributed by atoms with Crippen LogP contribution in [0.4, 0.5) is 0 Å². The van der Waals surface area contributed by atoms with Crippen molar-refractivity contribution in [3.63, 3.8) is 0 Å². The first-order chi connectivity index (χ1) is 6.23. The highest BCUT2D eigenvalue weighted by atomic mass is 17.0. The Labute approximate surface area is 82.0 Å². The fourth-order valence-corrected chi connectivity index (χ4v) is 1.00. The van der Waals surface area contributed by atoms with Gasteiger partial charge in [-0.15, -0.1) is 10.1 Å². The van der Waals surface area contributed by atoms with E-state index < -0.39 is 22.6 Å². The van der Waals surface area contributed by atoms with Gasteiger partial charge in [0.25, 0.3) is 5.09 Å². The summed E-state index contributed by atoms with van der Waals surface area (Å²) in [6, 6.07) is 0. The summed E-state index contributed by atoms with van der Waals surface area (Å²) in [5, 5.41) is 17.7. The summed E-state index contributed by atoms with van der Waals surface area (Å²) >= 11 is 0. The Morgan fingerprint density at radius 3 is 2.36 bits per heavy atom. The van der Waals surface area contributed by atoms with Gasteiger partial charge >= 0.3 is 5.97 Å². The van der Waals surface area contributed by atoms with E-state index in [1.807, 2.05) is 0 Å². The van der Waals surface area contributed by atoms with Gasteiger partial charge in [-0.2, -0.15) is 0 Å². The van der Waals surface area contributed by atoms with Crippen LogP contribution < -0.4 is 0 Å². The van der Waals surface area contributed by atoms with Crippen LogP contribution in [-0.2, 0) is 9.63 Å². The van der Waals surface area contributed by atoms with Gasteiger partial charge in [-0.3, -0.25) is 4.79 Å². The van der Waals surface area contributed by atoms with Crippen LogP contribution in [-0.4, -0.2) is 22.3 Å². The summed E-state index contributed by atoms with van der Waals surface area (Å²) in [7, 11) is 0. The van der Waals surface area contributed by atoms with Crippen LogP contribution in [0, 0.1) is 15.5 Å². The van der Waals surface area contributed by atoms with Gasteiger partial charge in [0.15, 0.2) is 0 Å². The largest absolute Gasteiger partial charge is 0.481 e. The van der Waals surface area contributed by atoms with E-state index in [1.165, 1.54) is 0 Å². The van der Waals surface area contributed by atoms with Gasteiger partial charge < -0.3 is 9.94 Å². The van der Waals surface area contributed by atoms with E-state index in [9.17, 15) is 14.9 Å². The standard InChI is InChI=1S/C8H15NO5/c1-8(2,3)6(14-9(12)13)4-5-7(10)11/h6H,4-5H2,1-3H3,(H,10,11). The molecule has 6 heteroatoms. The monoisotopic (exact) mass is 205 g/mol. The quantitative estimate of drug-likeness (QED) is 0.542. The third-order valence-corrected chi connectivity index (χ3v) is 1.80. The minimum atomic E-state index is -0.980. The van der Waals surface area contributed by atoms with E-state index in [-0.39, 0.29) is 12.8 Å². The number of carboxylic acids is 1. The third kappa shape index (κ3) is 5.34. The minimum Gasteiger partial charge on any atom is -0.481 e. The molecule has 0 fully saturated rings. The summed E-state index contributed by atoms with van der Waals surface area (Å²) in [5.74, 6) is -0.980. The van der Waals surface area contributed by atoms with Gasteiger partial charge in [-0.25, -0.2) is 0 Å². The molecule has 82 valence electrons. The fourth-order valence-electron chi connectivity index (χ4n) is 1.00. The maximum absolute atomic E-state index is 10.3. The average molecular weight is 205 g/mol. The molecule has 1 unspecified atom stereocenters. The van der Waals surface area contributed by atoms with Gasteiger partial charge in [0.05, 0.1) is 0 Å². The summed E-state index contributed by atoms with van der Waals surface area (Å²) in [5.41, 5.74) is -0.442. The van der Waals surface area contributed by atoms with E-state index in [0.29, 0.717) is 0 Å². The zero-order valence-electron chi connectivity index (χ0n) is 8.52. The molecule has 0 bridgehead atoms. The second-order valence-electron chi connectivity index (χ2n) is 4.12. The molecule has 0 heterocycles. The van der Waals surface area contributed by atoms with Gasteiger partial charge in [0.2, 0.25) is 0 Å². The molecule has 14 heavy (non-hydrogen) atoms. The molecule has 0 spiro atoms. The SMILES string of the molecule is CC(C)(C)C(CCC(=O)O)O[N+](=O)[O-]. The summed E-state index contributed by atoms with van der Waals surface area (Å²) in [6.07, 6.45) is -0.677. The topological polar surface area (TPSA) is 89.7 Å². The Hall–Kier alpha value is -1.33. The first-order valence-electron chi connectivity index (χ1n) is 4.26. The van der Waals surface area contributed by atoms with Crippen LogP contribution in [0.25, 0.3) is 0 Å². The van der Waals surface area contributed by atoms with Crippen LogP contribution in [0.2, 0.25) is 0 Å².